The number of amides is 1. The Morgan fingerprint density at radius 2 is 2.07 bits per heavy atom. The molecule has 14 heavy (non-hydrogen) atoms. The number of hydrogen-bond donors (Lipinski definition) is 2. The number of carbonyl (C=O) groups is 1. The second-order valence-electron chi connectivity index (χ2n) is 4.16. The lowest BCUT2D eigenvalue weighted by Gasteiger charge is -2.35. The zero-order valence-corrected chi connectivity index (χ0v) is 8.94. The molecule has 0 aliphatic heterocycles. The van der Waals surface area contributed by atoms with E-state index in [-0.39, 0.29) is 18.1 Å². The van der Waals surface area contributed by atoms with Gasteiger partial charge >= 0.3 is 0 Å². The zero-order valence-electron chi connectivity index (χ0n) is 8.94. The summed E-state index contributed by atoms with van der Waals surface area (Å²) in [6, 6.07) is -0.517. The Morgan fingerprint density at radius 3 is 2.57 bits per heavy atom. The Kier molecular flexibility index (Phi) is 3.89. The van der Waals surface area contributed by atoms with E-state index in [0.29, 0.717) is 0 Å². The van der Waals surface area contributed by atoms with Gasteiger partial charge in [0.05, 0.1) is 18.2 Å². The second kappa shape index (κ2) is 4.75. The maximum Gasteiger partial charge on any atom is 0.239 e. The highest BCUT2D eigenvalue weighted by atomic mass is 16.3. The molecule has 0 aromatic heterocycles. The molecule has 1 fully saturated rings. The molecule has 0 heterocycles. The maximum atomic E-state index is 11.6. The molecule has 0 aromatic rings. The third-order valence-corrected chi connectivity index (χ3v) is 2.93. The molecule has 1 saturated carbocycles. The summed E-state index contributed by atoms with van der Waals surface area (Å²) in [5.74, 6) is -0.0871. The third-order valence-electron chi connectivity index (χ3n) is 2.93. The number of nitrogens with zero attached hydrogens (tertiary/aromatic N) is 1. The highest BCUT2D eigenvalue weighted by molar-refractivity contribution is 5.81. The van der Waals surface area contributed by atoms with Crippen molar-refractivity contribution in [3.05, 3.63) is 0 Å². The average Bonchev–Trinajstić information content (AvgIpc) is 2.16. The Balaban J connectivity index is 2.57. The SMILES string of the molecule is C[C@@H](N)C(=O)N(C)C1CCCCC1O. The van der Waals surface area contributed by atoms with Crippen molar-refractivity contribution in [3.8, 4) is 0 Å². The molecular weight excluding hydrogens is 180 g/mol. The molecule has 1 aliphatic carbocycles. The number of hydrogen-bond acceptors (Lipinski definition) is 3. The van der Waals surface area contributed by atoms with E-state index in [1.54, 1.807) is 18.9 Å². The van der Waals surface area contributed by atoms with Gasteiger partial charge in [0.15, 0.2) is 0 Å². The van der Waals surface area contributed by atoms with E-state index in [2.05, 4.69) is 0 Å². The fraction of sp³-hybridized carbons (Fsp3) is 0.900. The fourth-order valence-electron chi connectivity index (χ4n) is 2.03. The van der Waals surface area contributed by atoms with Gasteiger partial charge < -0.3 is 15.7 Å². The molecule has 0 spiro atoms. The molecule has 3 N–H and O–H groups in total. The van der Waals surface area contributed by atoms with Gasteiger partial charge in [-0.3, -0.25) is 4.79 Å². The largest absolute Gasteiger partial charge is 0.391 e. The van der Waals surface area contributed by atoms with Crippen LogP contribution < -0.4 is 5.73 Å². The van der Waals surface area contributed by atoms with E-state index in [4.69, 9.17) is 5.73 Å². The molecule has 2 unspecified atom stereocenters. The van der Waals surface area contributed by atoms with E-state index < -0.39 is 6.04 Å². The molecule has 1 rings (SSSR count). The summed E-state index contributed by atoms with van der Waals surface area (Å²) in [5, 5.41) is 9.74. The van der Waals surface area contributed by atoms with Crippen molar-refractivity contribution in [3.63, 3.8) is 0 Å². The predicted molar refractivity (Wildman–Crippen MR) is 54.7 cm³/mol. The van der Waals surface area contributed by atoms with Crippen molar-refractivity contribution in [2.75, 3.05) is 7.05 Å². The van der Waals surface area contributed by atoms with Crippen molar-refractivity contribution < 1.29 is 9.90 Å². The first-order valence-electron chi connectivity index (χ1n) is 5.24. The molecule has 3 atom stereocenters. The molecule has 4 nitrogen and oxygen atoms in total. The quantitative estimate of drug-likeness (QED) is 0.664. The van der Waals surface area contributed by atoms with Gasteiger partial charge in [-0.05, 0) is 19.8 Å². The van der Waals surface area contributed by atoms with Crippen LogP contribution in [0.15, 0.2) is 0 Å². The van der Waals surface area contributed by atoms with Crippen LogP contribution in [0, 0.1) is 0 Å². The number of rotatable bonds is 2. The van der Waals surface area contributed by atoms with Crippen LogP contribution >= 0.6 is 0 Å². The Bertz CT molecular complexity index is 206. The van der Waals surface area contributed by atoms with E-state index in [0.717, 1.165) is 25.7 Å². The average molecular weight is 200 g/mol. The summed E-state index contributed by atoms with van der Waals surface area (Å²) in [6.07, 6.45) is 3.43. The summed E-state index contributed by atoms with van der Waals surface area (Å²) in [4.78, 5) is 13.2. The van der Waals surface area contributed by atoms with Crippen LogP contribution in [0.1, 0.15) is 32.6 Å². The first kappa shape index (κ1) is 11.5. The molecule has 0 saturated heterocycles. The van der Waals surface area contributed by atoms with E-state index in [9.17, 15) is 9.90 Å². The van der Waals surface area contributed by atoms with Crippen LogP contribution in [0.2, 0.25) is 0 Å². The van der Waals surface area contributed by atoms with Gasteiger partial charge in [-0.15, -0.1) is 0 Å². The zero-order chi connectivity index (χ0) is 10.7. The van der Waals surface area contributed by atoms with E-state index in [1.165, 1.54) is 0 Å². The molecule has 82 valence electrons. The van der Waals surface area contributed by atoms with Gasteiger partial charge in [0.1, 0.15) is 0 Å². The van der Waals surface area contributed by atoms with Crippen LogP contribution in [-0.2, 0) is 4.79 Å². The predicted octanol–water partition coefficient (Wildman–Crippen LogP) is 0.0955. The minimum Gasteiger partial charge on any atom is -0.391 e. The van der Waals surface area contributed by atoms with Crippen molar-refractivity contribution in [2.45, 2.75) is 50.8 Å². The Morgan fingerprint density at radius 1 is 1.50 bits per heavy atom. The monoisotopic (exact) mass is 200 g/mol. The maximum absolute atomic E-state index is 11.6. The summed E-state index contributed by atoms with van der Waals surface area (Å²) in [7, 11) is 1.73. The normalized spacial score (nSPS) is 29.7. The van der Waals surface area contributed by atoms with Crippen LogP contribution in [0.4, 0.5) is 0 Å². The molecule has 0 aromatic carbocycles. The van der Waals surface area contributed by atoms with Crippen molar-refractivity contribution in [1.29, 1.82) is 0 Å². The smallest absolute Gasteiger partial charge is 0.239 e. The van der Waals surface area contributed by atoms with Gasteiger partial charge in [0.25, 0.3) is 0 Å². The topological polar surface area (TPSA) is 66.6 Å². The number of aliphatic hydroxyl groups is 1. The second-order valence-corrected chi connectivity index (χ2v) is 4.16. The molecule has 0 bridgehead atoms. The van der Waals surface area contributed by atoms with Gasteiger partial charge in [0, 0.05) is 7.05 Å². The molecule has 1 aliphatic rings. The van der Waals surface area contributed by atoms with E-state index >= 15 is 0 Å². The first-order chi connectivity index (χ1) is 6.54. The highest BCUT2D eigenvalue weighted by Crippen LogP contribution is 2.22. The van der Waals surface area contributed by atoms with Gasteiger partial charge in [0.2, 0.25) is 5.91 Å². The summed E-state index contributed by atoms with van der Waals surface area (Å²) < 4.78 is 0. The van der Waals surface area contributed by atoms with Crippen molar-refractivity contribution in [2.24, 2.45) is 5.73 Å². The van der Waals surface area contributed by atoms with Crippen LogP contribution in [0.25, 0.3) is 0 Å². The van der Waals surface area contributed by atoms with Crippen LogP contribution in [0.5, 0.6) is 0 Å². The molecule has 0 radical (unpaired) electrons. The fourth-order valence-corrected chi connectivity index (χ4v) is 2.03. The Labute approximate surface area is 85.1 Å². The Hall–Kier alpha value is -0.610. The number of likely N-dealkylation sites (N-methyl/N-ethyl adjacent to an activating group) is 1. The minimum atomic E-state index is -0.478. The van der Waals surface area contributed by atoms with Crippen molar-refractivity contribution in [1.82, 2.24) is 4.90 Å². The number of aliphatic hydroxyl groups excluding tert-OH is 1. The first-order valence-corrected chi connectivity index (χ1v) is 5.24. The lowest BCUT2D eigenvalue weighted by molar-refractivity contribution is -0.136. The molecule has 4 heteroatoms. The molecular formula is C10H20N2O2. The lowest BCUT2D eigenvalue weighted by Crippen LogP contribution is -2.50. The molecule has 1 amide bonds. The lowest BCUT2D eigenvalue weighted by atomic mass is 9.91. The minimum absolute atomic E-state index is 0.0396. The summed E-state index contributed by atoms with van der Waals surface area (Å²) in [5.41, 5.74) is 5.52. The van der Waals surface area contributed by atoms with Crippen molar-refractivity contribution >= 4 is 5.91 Å². The van der Waals surface area contributed by atoms with E-state index in [1.807, 2.05) is 0 Å². The standard InChI is InChI=1S/C10H20N2O2/c1-7(11)10(14)12(2)8-5-3-4-6-9(8)13/h7-9,13H,3-6,11H2,1-2H3/t7-,8?,9?/m1/s1. The van der Waals surface area contributed by atoms with Gasteiger partial charge in [-0.2, -0.15) is 0 Å². The van der Waals surface area contributed by atoms with Crippen LogP contribution in [0.3, 0.4) is 0 Å². The summed E-state index contributed by atoms with van der Waals surface area (Å²) >= 11 is 0. The van der Waals surface area contributed by atoms with Crippen LogP contribution in [-0.4, -0.2) is 41.1 Å². The number of carbonyl (C=O) groups excluding carboxylic acids is 1. The van der Waals surface area contributed by atoms with Gasteiger partial charge in [-0.25, -0.2) is 0 Å². The number of nitrogens with two attached hydrogens (primary N) is 1. The summed E-state index contributed by atoms with van der Waals surface area (Å²) in [6.45, 7) is 1.67. The van der Waals surface area contributed by atoms with Gasteiger partial charge in [-0.1, -0.05) is 12.8 Å². The highest BCUT2D eigenvalue weighted by Gasteiger charge is 2.30. The third kappa shape index (κ3) is 2.45.